The number of hydrogen-bond donors (Lipinski definition) is 2. The maximum Gasteiger partial charge on any atom is 0.127 e. The van der Waals surface area contributed by atoms with E-state index in [2.05, 4.69) is 28.1 Å². The second-order valence-corrected chi connectivity index (χ2v) is 4.67. The van der Waals surface area contributed by atoms with Gasteiger partial charge >= 0.3 is 0 Å². The fourth-order valence-electron chi connectivity index (χ4n) is 2.74. The summed E-state index contributed by atoms with van der Waals surface area (Å²) in [7, 11) is 0. The number of rotatable bonds is 5. The molecule has 0 aromatic carbocycles. The SMILES string of the molecule is CCCn1ccnc1C(NN)C1CCCC1. The number of hydrazine groups is 1. The van der Waals surface area contributed by atoms with E-state index >= 15 is 0 Å². The highest BCUT2D eigenvalue weighted by atomic mass is 15.3. The Morgan fingerprint density at radius 3 is 2.94 bits per heavy atom. The lowest BCUT2D eigenvalue weighted by Crippen LogP contribution is -2.34. The Labute approximate surface area is 97.2 Å². The smallest absolute Gasteiger partial charge is 0.127 e. The van der Waals surface area contributed by atoms with E-state index in [1.807, 2.05) is 6.20 Å². The van der Waals surface area contributed by atoms with E-state index < -0.39 is 0 Å². The summed E-state index contributed by atoms with van der Waals surface area (Å²) in [6, 6.07) is 0.226. The number of aryl methyl sites for hydroxylation is 1. The third-order valence-electron chi connectivity index (χ3n) is 3.54. The van der Waals surface area contributed by atoms with Crippen molar-refractivity contribution in [3.05, 3.63) is 18.2 Å². The van der Waals surface area contributed by atoms with Crippen molar-refractivity contribution >= 4 is 0 Å². The van der Waals surface area contributed by atoms with E-state index in [0.29, 0.717) is 5.92 Å². The molecule has 1 atom stereocenters. The molecule has 16 heavy (non-hydrogen) atoms. The Balaban J connectivity index is 2.15. The first-order valence-electron chi connectivity index (χ1n) is 6.34. The molecule has 1 saturated carbocycles. The maximum atomic E-state index is 5.71. The fourth-order valence-corrected chi connectivity index (χ4v) is 2.74. The molecule has 1 heterocycles. The zero-order valence-electron chi connectivity index (χ0n) is 10.0. The number of imidazole rings is 1. The van der Waals surface area contributed by atoms with E-state index in [0.717, 1.165) is 18.8 Å². The van der Waals surface area contributed by atoms with Gasteiger partial charge in [-0.3, -0.25) is 5.84 Å². The summed E-state index contributed by atoms with van der Waals surface area (Å²) in [5.74, 6) is 7.47. The molecule has 1 unspecified atom stereocenters. The molecule has 1 fully saturated rings. The van der Waals surface area contributed by atoms with Crippen LogP contribution in [0.5, 0.6) is 0 Å². The lowest BCUT2D eigenvalue weighted by Gasteiger charge is -2.22. The average molecular weight is 222 g/mol. The third kappa shape index (κ3) is 2.28. The van der Waals surface area contributed by atoms with Crippen molar-refractivity contribution in [2.45, 2.75) is 51.6 Å². The second-order valence-electron chi connectivity index (χ2n) is 4.67. The number of nitrogens with one attached hydrogen (secondary N) is 1. The van der Waals surface area contributed by atoms with Crippen molar-refractivity contribution in [1.29, 1.82) is 0 Å². The van der Waals surface area contributed by atoms with Crippen molar-refractivity contribution in [3.63, 3.8) is 0 Å². The van der Waals surface area contributed by atoms with Gasteiger partial charge in [-0.15, -0.1) is 0 Å². The molecule has 0 spiro atoms. The summed E-state index contributed by atoms with van der Waals surface area (Å²) in [4.78, 5) is 4.47. The lowest BCUT2D eigenvalue weighted by atomic mass is 9.98. The molecule has 2 rings (SSSR count). The minimum atomic E-state index is 0.226. The van der Waals surface area contributed by atoms with Gasteiger partial charge < -0.3 is 4.57 Å². The molecule has 1 aliphatic carbocycles. The van der Waals surface area contributed by atoms with Gasteiger partial charge in [-0.2, -0.15) is 0 Å². The van der Waals surface area contributed by atoms with Crippen LogP contribution < -0.4 is 11.3 Å². The summed E-state index contributed by atoms with van der Waals surface area (Å²) in [6.07, 6.45) is 10.3. The van der Waals surface area contributed by atoms with E-state index in [-0.39, 0.29) is 6.04 Å². The highest BCUT2D eigenvalue weighted by molar-refractivity contribution is 5.02. The number of hydrogen-bond acceptors (Lipinski definition) is 3. The van der Waals surface area contributed by atoms with Gasteiger partial charge in [0.25, 0.3) is 0 Å². The van der Waals surface area contributed by atoms with Gasteiger partial charge in [0.05, 0.1) is 6.04 Å². The molecule has 1 aliphatic rings. The molecule has 4 nitrogen and oxygen atoms in total. The quantitative estimate of drug-likeness (QED) is 0.591. The molecule has 0 amide bonds. The van der Waals surface area contributed by atoms with Crippen LogP contribution in [0.25, 0.3) is 0 Å². The van der Waals surface area contributed by atoms with Gasteiger partial charge in [-0.1, -0.05) is 19.8 Å². The molecule has 0 saturated heterocycles. The minimum Gasteiger partial charge on any atom is -0.334 e. The Kier molecular flexibility index (Phi) is 3.96. The predicted octanol–water partition coefficient (Wildman–Crippen LogP) is 1.99. The highest BCUT2D eigenvalue weighted by Gasteiger charge is 2.28. The van der Waals surface area contributed by atoms with Crippen LogP contribution in [-0.4, -0.2) is 9.55 Å². The monoisotopic (exact) mass is 222 g/mol. The van der Waals surface area contributed by atoms with Crippen molar-refractivity contribution in [2.75, 3.05) is 0 Å². The number of nitrogens with two attached hydrogens (primary N) is 1. The largest absolute Gasteiger partial charge is 0.334 e. The maximum absolute atomic E-state index is 5.71. The van der Waals surface area contributed by atoms with E-state index in [1.165, 1.54) is 25.7 Å². The van der Waals surface area contributed by atoms with Gasteiger partial charge in [0.2, 0.25) is 0 Å². The lowest BCUT2D eigenvalue weighted by molar-refractivity contribution is 0.347. The molecule has 4 heteroatoms. The Morgan fingerprint density at radius 1 is 1.56 bits per heavy atom. The van der Waals surface area contributed by atoms with Crippen LogP contribution in [0.4, 0.5) is 0 Å². The van der Waals surface area contributed by atoms with Crippen LogP contribution >= 0.6 is 0 Å². The molecule has 0 aliphatic heterocycles. The first-order chi connectivity index (χ1) is 7.86. The van der Waals surface area contributed by atoms with Crippen LogP contribution in [0.1, 0.15) is 50.9 Å². The van der Waals surface area contributed by atoms with E-state index in [1.54, 1.807) is 0 Å². The normalized spacial score (nSPS) is 19.1. The molecule has 1 aromatic heterocycles. The summed E-state index contributed by atoms with van der Waals surface area (Å²) < 4.78 is 2.23. The van der Waals surface area contributed by atoms with Crippen molar-refractivity contribution in [1.82, 2.24) is 15.0 Å². The molecule has 3 N–H and O–H groups in total. The zero-order valence-corrected chi connectivity index (χ0v) is 10.0. The summed E-state index contributed by atoms with van der Waals surface area (Å²) in [6.45, 7) is 3.21. The third-order valence-corrected chi connectivity index (χ3v) is 3.54. The molecule has 0 radical (unpaired) electrons. The van der Waals surface area contributed by atoms with E-state index in [4.69, 9.17) is 5.84 Å². The number of aromatic nitrogens is 2. The molecule has 1 aromatic rings. The fraction of sp³-hybridized carbons (Fsp3) is 0.750. The van der Waals surface area contributed by atoms with Crippen LogP contribution in [0.3, 0.4) is 0 Å². The Morgan fingerprint density at radius 2 is 2.31 bits per heavy atom. The standard InChI is InChI=1S/C12H22N4/c1-2-8-16-9-7-14-12(16)11(15-13)10-5-3-4-6-10/h7,9-11,15H,2-6,8,13H2,1H3. The topological polar surface area (TPSA) is 55.9 Å². The highest BCUT2D eigenvalue weighted by Crippen LogP contribution is 2.34. The average Bonchev–Trinajstić information content (AvgIpc) is 2.92. The first kappa shape index (κ1) is 11.6. The van der Waals surface area contributed by atoms with Crippen molar-refractivity contribution in [2.24, 2.45) is 11.8 Å². The molecule has 0 bridgehead atoms. The zero-order chi connectivity index (χ0) is 11.4. The number of nitrogens with zero attached hydrogens (tertiary/aromatic N) is 2. The van der Waals surface area contributed by atoms with Crippen LogP contribution in [-0.2, 0) is 6.54 Å². The Hall–Kier alpha value is -0.870. The van der Waals surface area contributed by atoms with Crippen LogP contribution in [0.2, 0.25) is 0 Å². The van der Waals surface area contributed by atoms with Gasteiger partial charge in [0.15, 0.2) is 0 Å². The van der Waals surface area contributed by atoms with Crippen LogP contribution in [0.15, 0.2) is 12.4 Å². The summed E-state index contributed by atoms with van der Waals surface area (Å²) in [5, 5.41) is 0. The molecule has 90 valence electrons. The van der Waals surface area contributed by atoms with Crippen LogP contribution in [0, 0.1) is 5.92 Å². The summed E-state index contributed by atoms with van der Waals surface area (Å²) >= 11 is 0. The predicted molar refractivity (Wildman–Crippen MR) is 64.5 cm³/mol. The van der Waals surface area contributed by atoms with E-state index in [9.17, 15) is 0 Å². The van der Waals surface area contributed by atoms with Gasteiger partial charge in [0, 0.05) is 18.9 Å². The van der Waals surface area contributed by atoms with Crippen molar-refractivity contribution in [3.8, 4) is 0 Å². The van der Waals surface area contributed by atoms with Crippen molar-refractivity contribution < 1.29 is 0 Å². The second kappa shape index (κ2) is 5.46. The van der Waals surface area contributed by atoms with Gasteiger partial charge in [-0.25, -0.2) is 10.4 Å². The van der Waals surface area contributed by atoms with Gasteiger partial charge in [0.1, 0.15) is 5.82 Å². The minimum absolute atomic E-state index is 0.226. The molecular formula is C12H22N4. The Bertz CT molecular complexity index is 315. The molecular weight excluding hydrogens is 200 g/mol. The summed E-state index contributed by atoms with van der Waals surface area (Å²) in [5.41, 5.74) is 2.96. The van der Waals surface area contributed by atoms with Gasteiger partial charge in [-0.05, 0) is 25.2 Å². The first-order valence-corrected chi connectivity index (χ1v) is 6.34.